The van der Waals surface area contributed by atoms with Gasteiger partial charge < -0.3 is 10.3 Å². The molecule has 0 bridgehead atoms. The molecule has 1 aromatic heterocycles. The van der Waals surface area contributed by atoms with Crippen molar-refractivity contribution >= 4 is 0 Å². The van der Waals surface area contributed by atoms with Crippen molar-refractivity contribution in [3.05, 3.63) is 35.2 Å². The van der Waals surface area contributed by atoms with Crippen molar-refractivity contribution in [2.24, 2.45) is 11.7 Å². The van der Waals surface area contributed by atoms with Crippen LogP contribution >= 0.6 is 0 Å². The highest BCUT2D eigenvalue weighted by Gasteiger charge is 2.36. The van der Waals surface area contributed by atoms with E-state index in [1.807, 2.05) is 6.07 Å². The van der Waals surface area contributed by atoms with Gasteiger partial charge in [0.25, 0.3) is 5.89 Å². The third kappa shape index (κ3) is 2.60. The molecule has 4 heteroatoms. The normalized spacial score (nSPS) is 26.0. The monoisotopic (exact) mass is 285 g/mol. The molecule has 0 atom stereocenters. The predicted molar refractivity (Wildman–Crippen MR) is 82.7 cm³/mol. The largest absolute Gasteiger partial charge is 0.334 e. The van der Waals surface area contributed by atoms with E-state index in [2.05, 4.69) is 43.0 Å². The Morgan fingerprint density at radius 3 is 2.43 bits per heavy atom. The van der Waals surface area contributed by atoms with Crippen LogP contribution in [-0.4, -0.2) is 10.1 Å². The van der Waals surface area contributed by atoms with Gasteiger partial charge >= 0.3 is 0 Å². The highest BCUT2D eigenvalue weighted by molar-refractivity contribution is 5.62. The number of nitrogens with zero attached hydrogens (tertiary/aromatic N) is 2. The maximum absolute atomic E-state index is 6.53. The summed E-state index contributed by atoms with van der Waals surface area (Å²) in [5, 5.41) is 4.18. The molecule has 1 heterocycles. The van der Waals surface area contributed by atoms with E-state index in [4.69, 9.17) is 10.3 Å². The van der Waals surface area contributed by atoms with Crippen LogP contribution in [0.2, 0.25) is 0 Å². The maximum atomic E-state index is 6.53. The van der Waals surface area contributed by atoms with E-state index in [0.717, 1.165) is 48.3 Å². The Morgan fingerprint density at radius 1 is 1.19 bits per heavy atom. The smallest absolute Gasteiger partial charge is 0.258 e. The number of hydrogen-bond acceptors (Lipinski definition) is 4. The molecule has 0 spiro atoms. The minimum Gasteiger partial charge on any atom is -0.334 e. The minimum absolute atomic E-state index is 0.426. The summed E-state index contributed by atoms with van der Waals surface area (Å²) in [6.07, 6.45) is 4.12. The van der Waals surface area contributed by atoms with Gasteiger partial charge in [-0.05, 0) is 56.6 Å². The van der Waals surface area contributed by atoms with Gasteiger partial charge in [0.05, 0.1) is 5.54 Å². The molecule has 0 saturated heterocycles. The van der Waals surface area contributed by atoms with Gasteiger partial charge in [-0.25, -0.2) is 0 Å². The van der Waals surface area contributed by atoms with Crippen molar-refractivity contribution in [1.29, 1.82) is 0 Å². The fourth-order valence-electron chi connectivity index (χ4n) is 3.18. The third-order valence-corrected chi connectivity index (χ3v) is 4.73. The zero-order chi connectivity index (χ0) is 15.0. The number of aryl methyl sites for hydroxylation is 2. The van der Waals surface area contributed by atoms with Gasteiger partial charge in [0, 0.05) is 5.56 Å². The molecule has 2 N–H and O–H groups in total. The molecule has 1 aliphatic rings. The van der Waals surface area contributed by atoms with E-state index >= 15 is 0 Å². The Labute approximate surface area is 125 Å². The summed E-state index contributed by atoms with van der Waals surface area (Å²) in [6.45, 7) is 6.40. The Balaban J connectivity index is 1.94. The fraction of sp³-hybridized carbons (Fsp3) is 0.529. The average Bonchev–Trinajstić information content (AvgIpc) is 2.92. The molecular formula is C17H23N3O. The lowest BCUT2D eigenvalue weighted by Gasteiger charge is -2.33. The van der Waals surface area contributed by atoms with E-state index in [1.165, 1.54) is 0 Å². The summed E-state index contributed by atoms with van der Waals surface area (Å²) in [5.41, 5.74) is 9.42. The molecule has 1 aromatic carbocycles. The molecular weight excluding hydrogens is 262 g/mol. The van der Waals surface area contributed by atoms with Crippen LogP contribution in [-0.2, 0) is 5.54 Å². The molecule has 0 radical (unpaired) electrons. The third-order valence-electron chi connectivity index (χ3n) is 4.73. The van der Waals surface area contributed by atoms with E-state index in [-0.39, 0.29) is 0 Å². The van der Waals surface area contributed by atoms with Crippen LogP contribution < -0.4 is 5.73 Å². The van der Waals surface area contributed by atoms with Gasteiger partial charge in [0.2, 0.25) is 0 Å². The van der Waals surface area contributed by atoms with Gasteiger partial charge in [0.1, 0.15) is 0 Å². The maximum Gasteiger partial charge on any atom is 0.258 e. The molecule has 4 nitrogen and oxygen atoms in total. The predicted octanol–water partition coefficient (Wildman–Crippen LogP) is 3.72. The molecule has 1 fully saturated rings. The first-order chi connectivity index (χ1) is 9.99. The quantitative estimate of drug-likeness (QED) is 0.913. The van der Waals surface area contributed by atoms with Crippen molar-refractivity contribution in [2.45, 2.75) is 52.0 Å². The first kappa shape index (κ1) is 14.3. The molecule has 1 saturated carbocycles. The van der Waals surface area contributed by atoms with E-state index in [9.17, 15) is 0 Å². The molecule has 0 amide bonds. The van der Waals surface area contributed by atoms with Crippen LogP contribution in [0.25, 0.3) is 11.5 Å². The summed E-state index contributed by atoms with van der Waals surface area (Å²) < 4.78 is 5.52. The van der Waals surface area contributed by atoms with Crippen LogP contribution in [0.4, 0.5) is 0 Å². The number of nitrogens with two attached hydrogens (primary N) is 1. The van der Waals surface area contributed by atoms with Crippen molar-refractivity contribution < 1.29 is 4.52 Å². The molecule has 0 unspecified atom stereocenters. The van der Waals surface area contributed by atoms with Gasteiger partial charge in [-0.1, -0.05) is 30.3 Å². The first-order valence-corrected chi connectivity index (χ1v) is 7.69. The number of aromatic nitrogens is 2. The second-order valence-corrected chi connectivity index (χ2v) is 6.53. The second kappa shape index (κ2) is 5.26. The SMILES string of the molecule is Cc1cccc(C)c1-c1nc(C2(N)CCC(C)CC2)no1. The lowest BCUT2D eigenvalue weighted by molar-refractivity contribution is 0.230. The summed E-state index contributed by atoms with van der Waals surface area (Å²) in [7, 11) is 0. The van der Waals surface area contributed by atoms with Gasteiger partial charge in [-0.15, -0.1) is 0 Å². The molecule has 1 aliphatic carbocycles. The number of benzene rings is 1. The van der Waals surface area contributed by atoms with Crippen molar-refractivity contribution in [3.63, 3.8) is 0 Å². The number of hydrogen-bond donors (Lipinski definition) is 1. The van der Waals surface area contributed by atoms with Crippen molar-refractivity contribution in [2.75, 3.05) is 0 Å². The molecule has 112 valence electrons. The highest BCUT2D eigenvalue weighted by Crippen LogP contribution is 2.37. The highest BCUT2D eigenvalue weighted by atomic mass is 16.5. The van der Waals surface area contributed by atoms with Crippen LogP contribution in [0, 0.1) is 19.8 Å². The summed E-state index contributed by atoms with van der Waals surface area (Å²) in [6, 6.07) is 6.16. The Hall–Kier alpha value is -1.68. The average molecular weight is 285 g/mol. The van der Waals surface area contributed by atoms with Gasteiger partial charge in [0.15, 0.2) is 5.82 Å². The Kier molecular flexibility index (Phi) is 3.57. The molecule has 3 rings (SSSR count). The zero-order valence-corrected chi connectivity index (χ0v) is 13.0. The van der Waals surface area contributed by atoms with Crippen molar-refractivity contribution in [1.82, 2.24) is 10.1 Å². The zero-order valence-electron chi connectivity index (χ0n) is 13.0. The van der Waals surface area contributed by atoms with Crippen molar-refractivity contribution in [3.8, 4) is 11.5 Å². The Morgan fingerprint density at radius 2 is 1.81 bits per heavy atom. The lowest BCUT2D eigenvalue weighted by Crippen LogP contribution is -2.41. The summed E-state index contributed by atoms with van der Waals surface area (Å²) >= 11 is 0. The van der Waals surface area contributed by atoms with E-state index < -0.39 is 5.54 Å². The van der Waals surface area contributed by atoms with E-state index in [0.29, 0.717) is 11.7 Å². The second-order valence-electron chi connectivity index (χ2n) is 6.53. The summed E-state index contributed by atoms with van der Waals surface area (Å²) in [5.74, 6) is 1.99. The van der Waals surface area contributed by atoms with Crippen LogP contribution in [0.3, 0.4) is 0 Å². The lowest BCUT2D eigenvalue weighted by atomic mass is 9.77. The van der Waals surface area contributed by atoms with Gasteiger partial charge in [-0.2, -0.15) is 4.98 Å². The Bertz CT molecular complexity index is 619. The minimum atomic E-state index is -0.426. The first-order valence-electron chi connectivity index (χ1n) is 7.69. The fourth-order valence-corrected chi connectivity index (χ4v) is 3.18. The van der Waals surface area contributed by atoms with Crippen LogP contribution in [0.1, 0.15) is 49.6 Å². The topological polar surface area (TPSA) is 64.9 Å². The summed E-state index contributed by atoms with van der Waals surface area (Å²) in [4.78, 5) is 4.62. The van der Waals surface area contributed by atoms with Gasteiger partial charge in [-0.3, -0.25) is 0 Å². The molecule has 0 aliphatic heterocycles. The van der Waals surface area contributed by atoms with E-state index in [1.54, 1.807) is 0 Å². The molecule has 2 aromatic rings. The van der Waals surface area contributed by atoms with Crippen LogP contribution in [0.15, 0.2) is 22.7 Å². The van der Waals surface area contributed by atoms with Crippen LogP contribution in [0.5, 0.6) is 0 Å². The molecule has 21 heavy (non-hydrogen) atoms. The number of rotatable bonds is 2. The standard InChI is InChI=1S/C17H23N3O/c1-11-7-9-17(18,10-8-11)16-19-15(21-20-16)14-12(2)5-4-6-13(14)3/h4-6,11H,7-10,18H2,1-3H3.